The van der Waals surface area contributed by atoms with Gasteiger partial charge in [0.1, 0.15) is 18.4 Å². The van der Waals surface area contributed by atoms with Gasteiger partial charge in [-0.25, -0.2) is 9.67 Å². The molecule has 0 bridgehead atoms. The summed E-state index contributed by atoms with van der Waals surface area (Å²) in [5.74, 6) is 0.483. The molecule has 0 unspecified atom stereocenters. The molecule has 1 heterocycles. The average Bonchev–Trinajstić information content (AvgIpc) is 3.23. The second kappa shape index (κ2) is 8.02. The molecule has 146 valence electrons. The third kappa shape index (κ3) is 4.34. The Kier molecular flexibility index (Phi) is 5.70. The Hall–Kier alpha value is -2.86. The summed E-state index contributed by atoms with van der Waals surface area (Å²) in [5.41, 5.74) is 0.910. The molecule has 0 spiro atoms. The minimum Gasteiger partial charge on any atom is -0.478 e. The first-order chi connectivity index (χ1) is 13.3. The van der Waals surface area contributed by atoms with Crippen molar-refractivity contribution in [1.82, 2.24) is 19.7 Å². The first kappa shape index (κ1) is 19.9. The van der Waals surface area contributed by atoms with Gasteiger partial charge in [-0.15, -0.1) is 0 Å². The quantitative estimate of drug-likeness (QED) is 0.621. The van der Waals surface area contributed by atoms with Gasteiger partial charge in [0.2, 0.25) is 0 Å². The fraction of sp³-hybridized carbons (Fsp3) is 0.286. The van der Waals surface area contributed by atoms with Crippen molar-refractivity contribution in [3.63, 3.8) is 0 Å². The topological polar surface area (TPSA) is 60.2 Å². The molecule has 0 aliphatic carbocycles. The largest absolute Gasteiger partial charge is 0.478 e. The zero-order valence-electron chi connectivity index (χ0n) is 16.3. The Morgan fingerprint density at radius 1 is 1.14 bits per heavy atom. The molecule has 7 heteroatoms. The zero-order chi connectivity index (χ0) is 20.3. The molecular formula is C21H23ClN4O2. The highest BCUT2D eigenvalue weighted by Crippen LogP contribution is 2.26. The van der Waals surface area contributed by atoms with Crippen LogP contribution in [0.15, 0.2) is 61.2 Å². The maximum Gasteiger partial charge on any atom is 0.266 e. The number of nitrogens with zero attached hydrogens (tertiary/aromatic N) is 4. The van der Waals surface area contributed by atoms with E-state index >= 15 is 0 Å². The predicted molar refractivity (Wildman–Crippen MR) is 109 cm³/mol. The Labute approximate surface area is 169 Å². The molecule has 0 aliphatic heterocycles. The smallest absolute Gasteiger partial charge is 0.266 e. The highest BCUT2D eigenvalue weighted by Gasteiger charge is 2.35. The summed E-state index contributed by atoms with van der Waals surface area (Å²) >= 11 is 5.91. The van der Waals surface area contributed by atoms with E-state index in [0.29, 0.717) is 10.8 Å². The second-order valence-corrected chi connectivity index (χ2v) is 7.53. The molecule has 1 aromatic heterocycles. The number of amides is 1. The molecule has 0 saturated carbocycles. The van der Waals surface area contributed by atoms with Crippen LogP contribution in [0.1, 0.15) is 32.4 Å². The van der Waals surface area contributed by atoms with Gasteiger partial charge in [0.25, 0.3) is 5.91 Å². The number of rotatable bonds is 6. The van der Waals surface area contributed by atoms with Crippen LogP contribution >= 0.6 is 11.6 Å². The standard InChI is InChI=1S/C21H23ClN4O2/c1-15(16-5-9-18(10-6-16)26-14-23-13-24-26)25(4)20(27)21(2,3)28-19-11-7-17(22)8-12-19/h5-15H,1-4H3/t15-/m1/s1. The Bertz CT molecular complexity index is 922. The third-order valence-corrected chi connectivity index (χ3v) is 4.91. The van der Waals surface area contributed by atoms with Crippen molar-refractivity contribution in [1.29, 1.82) is 0 Å². The summed E-state index contributed by atoms with van der Waals surface area (Å²) in [7, 11) is 1.78. The van der Waals surface area contributed by atoms with Crippen LogP contribution in [-0.4, -0.2) is 38.2 Å². The molecular weight excluding hydrogens is 376 g/mol. The number of benzene rings is 2. The maximum absolute atomic E-state index is 13.1. The molecule has 1 amide bonds. The highest BCUT2D eigenvalue weighted by atomic mass is 35.5. The minimum absolute atomic E-state index is 0.115. The molecule has 3 aromatic rings. The van der Waals surface area contributed by atoms with E-state index in [0.717, 1.165) is 11.3 Å². The van der Waals surface area contributed by atoms with Crippen molar-refractivity contribution in [3.05, 3.63) is 71.8 Å². The van der Waals surface area contributed by atoms with E-state index in [2.05, 4.69) is 10.1 Å². The second-order valence-electron chi connectivity index (χ2n) is 7.09. The van der Waals surface area contributed by atoms with Crippen molar-refractivity contribution >= 4 is 17.5 Å². The fourth-order valence-corrected chi connectivity index (χ4v) is 3.04. The molecule has 0 radical (unpaired) electrons. The van der Waals surface area contributed by atoms with Gasteiger partial charge >= 0.3 is 0 Å². The van der Waals surface area contributed by atoms with Gasteiger partial charge in [-0.2, -0.15) is 5.10 Å². The van der Waals surface area contributed by atoms with Crippen LogP contribution in [0.25, 0.3) is 5.69 Å². The third-order valence-electron chi connectivity index (χ3n) is 4.66. The summed E-state index contributed by atoms with van der Waals surface area (Å²) in [6.07, 6.45) is 3.14. The monoisotopic (exact) mass is 398 g/mol. The van der Waals surface area contributed by atoms with Crippen molar-refractivity contribution in [2.75, 3.05) is 7.05 Å². The number of hydrogen-bond donors (Lipinski definition) is 0. The first-order valence-electron chi connectivity index (χ1n) is 8.95. The minimum atomic E-state index is -1.02. The maximum atomic E-state index is 13.1. The highest BCUT2D eigenvalue weighted by molar-refractivity contribution is 6.30. The van der Waals surface area contributed by atoms with Gasteiger partial charge < -0.3 is 9.64 Å². The van der Waals surface area contributed by atoms with E-state index in [-0.39, 0.29) is 11.9 Å². The van der Waals surface area contributed by atoms with Gasteiger partial charge in [0.15, 0.2) is 5.60 Å². The van der Waals surface area contributed by atoms with Gasteiger partial charge in [-0.05, 0) is 62.7 Å². The number of carbonyl (C=O) groups excluding carboxylic acids is 1. The van der Waals surface area contributed by atoms with Crippen molar-refractivity contribution < 1.29 is 9.53 Å². The SMILES string of the molecule is C[C@H](c1ccc(-n2cncn2)cc1)N(C)C(=O)C(C)(C)Oc1ccc(Cl)cc1. The van der Waals surface area contributed by atoms with E-state index in [1.54, 1.807) is 61.1 Å². The van der Waals surface area contributed by atoms with Crippen LogP contribution < -0.4 is 4.74 Å². The Morgan fingerprint density at radius 2 is 1.79 bits per heavy atom. The molecule has 0 saturated heterocycles. The number of carbonyl (C=O) groups is 1. The number of hydrogen-bond acceptors (Lipinski definition) is 4. The van der Waals surface area contributed by atoms with Crippen LogP contribution in [-0.2, 0) is 4.79 Å². The van der Waals surface area contributed by atoms with Crippen LogP contribution in [0, 0.1) is 0 Å². The van der Waals surface area contributed by atoms with Gasteiger partial charge in [-0.1, -0.05) is 23.7 Å². The van der Waals surface area contributed by atoms with E-state index in [1.165, 1.54) is 6.33 Å². The average molecular weight is 399 g/mol. The zero-order valence-corrected chi connectivity index (χ0v) is 17.1. The summed E-state index contributed by atoms with van der Waals surface area (Å²) in [4.78, 5) is 18.7. The van der Waals surface area contributed by atoms with Gasteiger partial charge in [0.05, 0.1) is 11.7 Å². The fourth-order valence-electron chi connectivity index (χ4n) is 2.91. The van der Waals surface area contributed by atoms with E-state index in [1.807, 2.05) is 31.2 Å². The lowest BCUT2D eigenvalue weighted by atomic mass is 10.0. The van der Waals surface area contributed by atoms with Crippen molar-refractivity contribution in [3.8, 4) is 11.4 Å². The molecule has 2 aromatic carbocycles. The Balaban J connectivity index is 1.71. The lowest BCUT2D eigenvalue weighted by Gasteiger charge is -2.33. The molecule has 1 atom stereocenters. The Morgan fingerprint density at radius 3 is 2.36 bits per heavy atom. The van der Waals surface area contributed by atoms with Gasteiger partial charge in [-0.3, -0.25) is 4.79 Å². The van der Waals surface area contributed by atoms with Crippen LogP contribution in [0.5, 0.6) is 5.75 Å². The first-order valence-corrected chi connectivity index (χ1v) is 9.32. The predicted octanol–water partition coefficient (Wildman–Crippen LogP) is 4.30. The summed E-state index contributed by atoms with van der Waals surface area (Å²) in [5, 5.41) is 4.74. The molecule has 3 rings (SSSR count). The number of aromatic nitrogens is 3. The van der Waals surface area contributed by atoms with E-state index in [4.69, 9.17) is 16.3 Å². The lowest BCUT2D eigenvalue weighted by molar-refractivity contribution is -0.146. The number of ether oxygens (including phenoxy) is 1. The van der Waals surface area contributed by atoms with Gasteiger partial charge in [0, 0.05) is 12.1 Å². The van der Waals surface area contributed by atoms with E-state index in [9.17, 15) is 4.79 Å². The van der Waals surface area contributed by atoms with E-state index < -0.39 is 5.60 Å². The molecule has 6 nitrogen and oxygen atoms in total. The summed E-state index contributed by atoms with van der Waals surface area (Å²) in [6, 6.07) is 14.7. The molecule has 0 N–H and O–H groups in total. The molecule has 0 fully saturated rings. The number of halogens is 1. The molecule has 28 heavy (non-hydrogen) atoms. The molecule has 0 aliphatic rings. The summed E-state index contributed by atoms with van der Waals surface area (Å²) in [6.45, 7) is 5.52. The van der Waals surface area contributed by atoms with Crippen LogP contribution in [0.3, 0.4) is 0 Å². The number of likely N-dealkylation sites (N-methyl/N-ethyl adjacent to an activating group) is 1. The van der Waals surface area contributed by atoms with Crippen molar-refractivity contribution in [2.24, 2.45) is 0 Å². The van der Waals surface area contributed by atoms with Crippen LogP contribution in [0.4, 0.5) is 0 Å². The normalized spacial score (nSPS) is 12.5. The van der Waals surface area contributed by atoms with Crippen molar-refractivity contribution in [2.45, 2.75) is 32.4 Å². The summed E-state index contributed by atoms with van der Waals surface area (Å²) < 4.78 is 7.61. The lowest BCUT2D eigenvalue weighted by Crippen LogP contribution is -2.48. The van der Waals surface area contributed by atoms with Crippen LogP contribution in [0.2, 0.25) is 5.02 Å².